The predicted molar refractivity (Wildman–Crippen MR) is 156 cm³/mol. The molecule has 49 heavy (non-hydrogen) atoms. The minimum Gasteiger partial charge on any atom is -1.00 e. The summed E-state index contributed by atoms with van der Waals surface area (Å²) in [5, 5.41) is 3.14. The maximum atomic E-state index is 12.1. The van der Waals surface area contributed by atoms with Crippen LogP contribution in [0.3, 0.4) is 0 Å². The van der Waals surface area contributed by atoms with E-state index in [1.54, 1.807) is 47.7 Å². The first-order valence-electron chi connectivity index (χ1n) is 12.7. The van der Waals surface area contributed by atoms with Crippen molar-refractivity contribution in [2.45, 2.75) is 31.2 Å². The number of thiophene rings is 1. The Labute approximate surface area is 343 Å². The Bertz CT molecular complexity index is 1770. The summed E-state index contributed by atoms with van der Waals surface area (Å²) in [6.45, 7) is 0. The summed E-state index contributed by atoms with van der Waals surface area (Å²) in [6, 6.07) is 17.9. The van der Waals surface area contributed by atoms with Gasteiger partial charge in [-0.1, -0.05) is 23.5 Å². The second-order valence-corrected chi connectivity index (χ2v) is 16.1. The first kappa shape index (κ1) is 45.3. The van der Waals surface area contributed by atoms with E-state index in [1.807, 2.05) is 23.6 Å². The summed E-state index contributed by atoms with van der Waals surface area (Å²) in [7, 11) is -6.09. The van der Waals surface area contributed by atoms with Gasteiger partial charge < -0.3 is 38.2 Å². The molecule has 0 unspecified atom stereocenters. The third kappa shape index (κ3) is 14.1. The Kier molecular flexibility index (Phi) is 18.8. The van der Waals surface area contributed by atoms with Crippen LogP contribution in [0.1, 0.15) is 46.4 Å². The van der Waals surface area contributed by atoms with Crippen molar-refractivity contribution in [2.75, 3.05) is 0 Å². The normalized spacial score (nSPS) is 14.1. The van der Waals surface area contributed by atoms with Crippen LogP contribution in [0.25, 0.3) is 0 Å². The van der Waals surface area contributed by atoms with Crippen LogP contribution in [0, 0.1) is 10.0 Å². The third-order valence-corrected chi connectivity index (χ3v) is 10.8. The molecule has 3 aromatic rings. The van der Waals surface area contributed by atoms with Gasteiger partial charge in [0.05, 0.1) is 11.1 Å². The smallest absolute Gasteiger partial charge is 1.00 e. The maximum absolute atomic E-state index is 12.1. The fraction of sp³-hybridized carbons (Fsp3) is 0.185. The van der Waals surface area contributed by atoms with Crippen LogP contribution >= 0.6 is 33.9 Å². The van der Waals surface area contributed by atoms with Gasteiger partial charge in [0.2, 0.25) is 2.88 Å². The maximum Gasteiger partial charge on any atom is 1.00 e. The average Bonchev–Trinajstić information content (AvgIpc) is 3.71. The number of carbonyl (C=O) groups is 6. The third-order valence-electron chi connectivity index (χ3n) is 5.45. The number of hydrogen-bond acceptors (Lipinski definition) is 12. The molecular weight excluding hydrogens is 1050 g/mol. The van der Waals surface area contributed by atoms with E-state index in [2.05, 4.69) is 28.7 Å². The molecule has 5 rings (SSSR count). The molecule has 0 N–H and O–H groups in total. The molecule has 2 fully saturated rings. The van der Waals surface area contributed by atoms with Gasteiger partial charge in [-0.2, -0.15) is 13.2 Å². The first-order chi connectivity index (χ1) is 22.0. The van der Waals surface area contributed by atoms with Gasteiger partial charge in [0, 0.05) is 41.4 Å². The quantitative estimate of drug-likeness (QED) is 0.0756. The number of halogens is 6. The van der Waals surface area contributed by atoms with Crippen molar-refractivity contribution >= 4 is 79.6 Å². The number of imide groups is 2. The van der Waals surface area contributed by atoms with Crippen LogP contribution in [0.15, 0.2) is 66.0 Å². The molecule has 0 bridgehead atoms. The van der Waals surface area contributed by atoms with Gasteiger partial charge in [-0.05, 0) is 64.4 Å². The molecule has 0 spiro atoms. The summed E-state index contributed by atoms with van der Waals surface area (Å²) in [5.74, 6) is -3.28. The molecule has 22 heteroatoms. The Balaban J connectivity index is 0.000000397. The molecule has 1 aromatic heterocycles. The number of amides is 4. The summed E-state index contributed by atoms with van der Waals surface area (Å²) < 4.78 is 62.2. The van der Waals surface area contributed by atoms with E-state index < -0.39 is 51.2 Å². The van der Waals surface area contributed by atoms with Gasteiger partial charge in [0.25, 0.3) is 23.6 Å². The SMILES string of the molecule is O=C(ON1C(=O)CCC1=O)c1cccc([125I])c1.O=C(ON1C(=O)CCC1=O)c1cccc([I+]c2cccs2)c1.O=S(=O)([O-])C(F)(F)F.[125I-].[Na+]. The van der Waals surface area contributed by atoms with E-state index in [1.165, 1.54) is 2.88 Å². The monoisotopic (exact) mass is 1070 g/mol. The van der Waals surface area contributed by atoms with Gasteiger partial charge in [-0.3, -0.25) is 19.2 Å². The van der Waals surface area contributed by atoms with E-state index in [0.29, 0.717) is 21.3 Å². The van der Waals surface area contributed by atoms with E-state index in [-0.39, 0.29) is 100 Å². The fourth-order valence-electron chi connectivity index (χ4n) is 3.30. The Morgan fingerprint density at radius 3 is 1.61 bits per heavy atom. The molecule has 2 aliphatic rings. The topological polar surface area (TPSA) is 185 Å². The molecule has 13 nitrogen and oxygen atoms in total. The van der Waals surface area contributed by atoms with Crippen LogP contribution in [0.2, 0.25) is 0 Å². The van der Waals surface area contributed by atoms with Crippen LogP contribution < -0.4 is 74.7 Å². The average molecular weight is 1070 g/mol. The van der Waals surface area contributed by atoms with Crippen molar-refractivity contribution in [3.05, 3.63) is 87.2 Å². The zero-order valence-electron chi connectivity index (χ0n) is 24.6. The zero-order valence-corrected chi connectivity index (χ0v) is 34.8. The molecule has 2 aromatic carbocycles. The van der Waals surface area contributed by atoms with E-state index in [9.17, 15) is 41.9 Å². The second-order valence-electron chi connectivity index (χ2n) is 8.85. The van der Waals surface area contributed by atoms with Crippen molar-refractivity contribution in [1.82, 2.24) is 10.1 Å². The fourth-order valence-corrected chi connectivity index (χ4v) is 7.63. The largest absolute Gasteiger partial charge is 1.00 e. The van der Waals surface area contributed by atoms with E-state index in [4.69, 9.17) is 22.6 Å². The Hall–Kier alpha value is -1.75. The van der Waals surface area contributed by atoms with Crippen molar-refractivity contribution in [3.8, 4) is 0 Å². The molecule has 0 atom stereocenters. The number of nitrogens with zero attached hydrogens (tertiary/aromatic N) is 2. The molecule has 2 aliphatic heterocycles. The second kappa shape index (κ2) is 20.3. The Morgan fingerprint density at radius 1 is 0.796 bits per heavy atom. The summed E-state index contributed by atoms with van der Waals surface area (Å²) in [6.07, 6.45) is 0.378. The molecule has 3 heterocycles. The molecule has 2 saturated heterocycles. The minimum absolute atomic E-state index is 0. The van der Waals surface area contributed by atoms with Gasteiger partial charge in [-0.15, -0.1) is 10.1 Å². The van der Waals surface area contributed by atoms with Gasteiger partial charge in [0.1, 0.15) is 0 Å². The zero-order chi connectivity index (χ0) is 34.9. The van der Waals surface area contributed by atoms with Crippen molar-refractivity contribution in [1.29, 1.82) is 0 Å². The van der Waals surface area contributed by atoms with Gasteiger partial charge in [0.15, 0.2) is 13.7 Å². The number of hydroxylamine groups is 4. The molecule has 0 aliphatic carbocycles. The van der Waals surface area contributed by atoms with Crippen LogP contribution in [-0.4, -0.2) is 64.2 Å². The van der Waals surface area contributed by atoms with E-state index >= 15 is 0 Å². The molecule has 0 saturated carbocycles. The van der Waals surface area contributed by atoms with Gasteiger partial charge >= 0.3 is 68.2 Å². The number of rotatable bonds is 6. The van der Waals surface area contributed by atoms with E-state index in [0.717, 1.165) is 7.14 Å². The van der Waals surface area contributed by atoms with Crippen molar-refractivity contribution in [2.24, 2.45) is 0 Å². The molecular formula is C27H19F3I3N2NaO11S2. The molecule has 258 valence electrons. The van der Waals surface area contributed by atoms with Crippen LogP contribution in [-0.2, 0) is 39.0 Å². The Morgan fingerprint density at radius 2 is 1.22 bits per heavy atom. The summed E-state index contributed by atoms with van der Waals surface area (Å²) in [4.78, 5) is 78.9. The number of benzene rings is 2. The predicted octanol–water partition coefficient (Wildman–Crippen LogP) is -5.33. The van der Waals surface area contributed by atoms with Crippen LogP contribution in [0.4, 0.5) is 13.2 Å². The summed E-state index contributed by atoms with van der Waals surface area (Å²) in [5.41, 5.74) is -4.99. The summed E-state index contributed by atoms with van der Waals surface area (Å²) >= 11 is 3.40. The van der Waals surface area contributed by atoms with Crippen molar-refractivity contribution < 1.29 is 139 Å². The molecule has 4 amide bonds. The number of alkyl halides is 3. The standard InChI is InChI=1S/C15H11INO4S.C11H8INO4.CHF3O3S.HI.Na/c18-13-6-7-14(19)17(13)21-15(20)10-3-1-4-11(9-10)16-12-5-2-8-22-12;12-8-3-1-2-7(6-8)11(16)17-13-9(14)4-5-10(13)15;2-1(3,4)8(5,6)7;;/h1-5,8-9H,6-7H2;1-3,6H,4-5H2;(H,5,6,7);1H;/q+1;;;;+1/p-2/i;12-2;;1-2;. The van der Waals surface area contributed by atoms with Crippen LogP contribution in [0.5, 0.6) is 0 Å². The first-order valence-corrected chi connectivity index (χ1v) is 18.2. The number of hydrogen-bond donors (Lipinski definition) is 0. The van der Waals surface area contributed by atoms with Gasteiger partial charge in [-0.25, -0.2) is 18.0 Å². The minimum atomic E-state index is -6.09. The number of carbonyl (C=O) groups excluding carboxylic acids is 6. The van der Waals surface area contributed by atoms with Crippen molar-refractivity contribution in [3.63, 3.8) is 0 Å². The molecule has 0 radical (unpaired) electrons.